The van der Waals surface area contributed by atoms with Gasteiger partial charge in [-0.3, -0.25) is 0 Å². The van der Waals surface area contributed by atoms with E-state index in [1.807, 2.05) is 18.3 Å². The van der Waals surface area contributed by atoms with E-state index in [4.69, 9.17) is 0 Å². The van der Waals surface area contributed by atoms with Crippen LogP contribution in [0.1, 0.15) is 13.3 Å². The molecule has 0 saturated carbocycles. The fourth-order valence-corrected chi connectivity index (χ4v) is 2.75. The summed E-state index contributed by atoms with van der Waals surface area (Å²) < 4.78 is 0. The Balaban J connectivity index is 2.06. The van der Waals surface area contributed by atoms with Crippen LogP contribution in [-0.2, 0) is 0 Å². The maximum absolute atomic E-state index is 4.19. The third-order valence-electron chi connectivity index (χ3n) is 3.65. The van der Waals surface area contributed by atoms with Crippen molar-refractivity contribution < 1.29 is 0 Å². The summed E-state index contributed by atoms with van der Waals surface area (Å²) in [5.74, 6) is 0. The first-order valence-corrected chi connectivity index (χ1v) is 6.58. The molecular weight excluding hydrogens is 224 g/mol. The van der Waals surface area contributed by atoms with Gasteiger partial charge in [-0.15, -0.1) is 0 Å². The molecule has 4 heteroatoms. The van der Waals surface area contributed by atoms with Crippen molar-refractivity contribution in [3.8, 4) is 0 Å². The predicted octanol–water partition coefficient (Wildman–Crippen LogP) is 1.82. The summed E-state index contributed by atoms with van der Waals surface area (Å²) in [6, 6.07) is 8.79. The summed E-state index contributed by atoms with van der Waals surface area (Å²) in [5, 5.41) is 13.0. The van der Waals surface area contributed by atoms with Crippen LogP contribution in [0.2, 0.25) is 0 Å². The number of fused-ring (bicyclic) bond motifs is 1. The molecule has 0 amide bonds. The molecule has 0 radical (unpaired) electrons. The molecule has 2 aromatic rings. The lowest BCUT2D eigenvalue weighted by Crippen LogP contribution is -2.37. The highest BCUT2D eigenvalue weighted by atomic mass is 15.2. The van der Waals surface area contributed by atoms with E-state index >= 15 is 0 Å². The van der Waals surface area contributed by atoms with Crippen molar-refractivity contribution in [3.63, 3.8) is 0 Å². The van der Waals surface area contributed by atoms with Gasteiger partial charge < -0.3 is 10.2 Å². The number of nitrogens with zero attached hydrogens (tertiary/aromatic N) is 3. The molecule has 1 fully saturated rings. The van der Waals surface area contributed by atoms with Gasteiger partial charge in [0.15, 0.2) is 0 Å². The summed E-state index contributed by atoms with van der Waals surface area (Å²) in [7, 11) is 0. The molecule has 1 aromatic carbocycles. The number of nitrogens with one attached hydrogen (secondary N) is 1. The molecule has 1 aliphatic heterocycles. The van der Waals surface area contributed by atoms with E-state index in [2.05, 4.69) is 39.5 Å². The molecule has 0 bridgehead atoms. The van der Waals surface area contributed by atoms with Crippen LogP contribution in [-0.4, -0.2) is 35.9 Å². The lowest BCUT2D eigenvalue weighted by molar-refractivity contribution is 0.648. The van der Waals surface area contributed by atoms with Crippen molar-refractivity contribution in [2.24, 2.45) is 0 Å². The maximum Gasteiger partial charge on any atom is 0.0950 e. The van der Waals surface area contributed by atoms with Gasteiger partial charge in [0.25, 0.3) is 0 Å². The molecule has 1 atom stereocenters. The Morgan fingerprint density at radius 2 is 2.28 bits per heavy atom. The third kappa shape index (κ3) is 1.93. The first-order chi connectivity index (χ1) is 8.90. The van der Waals surface area contributed by atoms with Crippen molar-refractivity contribution in [1.29, 1.82) is 0 Å². The first-order valence-electron chi connectivity index (χ1n) is 6.58. The highest BCUT2D eigenvalue weighted by Crippen LogP contribution is 2.26. The molecule has 3 rings (SSSR count). The second-order valence-corrected chi connectivity index (χ2v) is 4.68. The predicted molar refractivity (Wildman–Crippen MR) is 73.8 cm³/mol. The highest BCUT2D eigenvalue weighted by molar-refractivity contribution is 5.90. The minimum absolute atomic E-state index is 0.572. The zero-order valence-electron chi connectivity index (χ0n) is 10.6. The van der Waals surface area contributed by atoms with Gasteiger partial charge >= 0.3 is 0 Å². The van der Waals surface area contributed by atoms with E-state index < -0.39 is 0 Å². The minimum Gasteiger partial charge on any atom is -0.366 e. The molecule has 1 N–H and O–H groups in total. The lowest BCUT2D eigenvalue weighted by Gasteiger charge is -2.29. The quantitative estimate of drug-likeness (QED) is 0.891. The van der Waals surface area contributed by atoms with E-state index in [0.29, 0.717) is 6.04 Å². The fraction of sp³-hybridized carbons (Fsp3) is 0.429. The van der Waals surface area contributed by atoms with E-state index in [0.717, 1.165) is 25.2 Å². The largest absolute Gasteiger partial charge is 0.366 e. The Hall–Kier alpha value is -1.68. The Morgan fingerprint density at radius 1 is 1.39 bits per heavy atom. The van der Waals surface area contributed by atoms with Crippen molar-refractivity contribution >= 4 is 16.6 Å². The van der Waals surface area contributed by atoms with Crippen LogP contribution in [0, 0.1) is 0 Å². The smallest absolute Gasteiger partial charge is 0.0950 e. The van der Waals surface area contributed by atoms with Gasteiger partial charge in [0.2, 0.25) is 0 Å². The normalized spacial score (nSPS) is 19.3. The van der Waals surface area contributed by atoms with Crippen molar-refractivity contribution in [3.05, 3.63) is 30.5 Å². The van der Waals surface area contributed by atoms with Crippen molar-refractivity contribution in [2.75, 3.05) is 24.5 Å². The number of hydrogen-bond donors (Lipinski definition) is 1. The first kappa shape index (κ1) is 11.4. The van der Waals surface area contributed by atoms with Crippen molar-refractivity contribution in [1.82, 2.24) is 15.5 Å². The van der Waals surface area contributed by atoms with Crippen LogP contribution in [0.25, 0.3) is 10.9 Å². The second kappa shape index (κ2) is 4.90. The van der Waals surface area contributed by atoms with E-state index in [9.17, 15) is 0 Å². The van der Waals surface area contributed by atoms with Gasteiger partial charge in [-0.2, -0.15) is 10.2 Å². The summed E-state index contributed by atoms with van der Waals surface area (Å²) in [4.78, 5) is 2.44. The molecule has 1 aromatic heterocycles. The molecule has 18 heavy (non-hydrogen) atoms. The standard InChI is InChI=1S/C14H18N4/c1-2-18(11-7-8-15-9-11)14-10-16-17-13-6-4-3-5-12(13)14/h3-6,10-11,15H,2,7-9H2,1H3. The number of likely N-dealkylation sites (N-methyl/N-ethyl adjacent to an activating group) is 1. The maximum atomic E-state index is 4.19. The van der Waals surface area contributed by atoms with Crippen LogP contribution < -0.4 is 10.2 Å². The van der Waals surface area contributed by atoms with Gasteiger partial charge in [-0.1, -0.05) is 18.2 Å². The number of hydrogen-bond acceptors (Lipinski definition) is 4. The van der Waals surface area contributed by atoms with Gasteiger partial charge in [-0.25, -0.2) is 0 Å². The SMILES string of the molecule is CCN(c1cnnc2ccccc12)C1CCNC1. The van der Waals surface area contributed by atoms with E-state index in [-0.39, 0.29) is 0 Å². The third-order valence-corrected chi connectivity index (χ3v) is 3.65. The average Bonchev–Trinajstić information content (AvgIpc) is 2.94. The van der Waals surface area contributed by atoms with E-state index in [1.165, 1.54) is 17.5 Å². The molecule has 0 spiro atoms. The van der Waals surface area contributed by atoms with E-state index in [1.54, 1.807) is 0 Å². The lowest BCUT2D eigenvalue weighted by atomic mass is 10.1. The topological polar surface area (TPSA) is 41.1 Å². The van der Waals surface area contributed by atoms with Crippen LogP contribution in [0.3, 0.4) is 0 Å². The van der Waals surface area contributed by atoms with Gasteiger partial charge in [0.1, 0.15) is 0 Å². The van der Waals surface area contributed by atoms with Crippen LogP contribution in [0.4, 0.5) is 5.69 Å². The Morgan fingerprint density at radius 3 is 3.06 bits per heavy atom. The fourth-order valence-electron chi connectivity index (χ4n) is 2.75. The number of anilines is 1. The van der Waals surface area contributed by atoms with Gasteiger partial charge in [-0.05, 0) is 26.0 Å². The molecule has 1 saturated heterocycles. The molecule has 1 unspecified atom stereocenters. The summed E-state index contributed by atoms with van der Waals surface area (Å²) in [5.41, 5.74) is 2.18. The minimum atomic E-state index is 0.572. The number of rotatable bonds is 3. The molecule has 1 aliphatic rings. The Bertz CT molecular complexity index is 529. The molecule has 0 aliphatic carbocycles. The van der Waals surface area contributed by atoms with Crippen LogP contribution >= 0.6 is 0 Å². The van der Waals surface area contributed by atoms with Gasteiger partial charge in [0.05, 0.1) is 17.4 Å². The summed E-state index contributed by atoms with van der Waals surface area (Å²) in [6.07, 6.45) is 3.09. The molecule has 94 valence electrons. The summed E-state index contributed by atoms with van der Waals surface area (Å²) in [6.45, 7) is 5.37. The zero-order chi connectivity index (χ0) is 12.4. The average molecular weight is 242 g/mol. The Labute approximate surface area is 107 Å². The molecule has 2 heterocycles. The van der Waals surface area contributed by atoms with Crippen LogP contribution in [0.5, 0.6) is 0 Å². The monoisotopic (exact) mass is 242 g/mol. The van der Waals surface area contributed by atoms with Crippen LogP contribution in [0.15, 0.2) is 30.5 Å². The second-order valence-electron chi connectivity index (χ2n) is 4.68. The highest BCUT2D eigenvalue weighted by Gasteiger charge is 2.22. The zero-order valence-corrected chi connectivity index (χ0v) is 10.6. The molecule has 4 nitrogen and oxygen atoms in total. The summed E-state index contributed by atoms with van der Waals surface area (Å²) >= 11 is 0. The van der Waals surface area contributed by atoms with Gasteiger partial charge in [0, 0.05) is 24.5 Å². The number of aromatic nitrogens is 2. The number of benzene rings is 1. The molecular formula is C14H18N4. The van der Waals surface area contributed by atoms with Crippen molar-refractivity contribution in [2.45, 2.75) is 19.4 Å². The Kier molecular flexibility index (Phi) is 3.11.